The van der Waals surface area contributed by atoms with Crippen LogP contribution in [0.4, 0.5) is 0 Å². The van der Waals surface area contributed by atoms with Gasteiger partial charge in [-0.3, -0.25) is 14.3 Å². The van der Waals surface area contributed by atoms with Crippen LogP contribution in [0.3, 0.4) is 0 Å². The number of nitrogens with zero attached hydrogens (tertiary/aromatic N) is 1. The molecule has 2 N–H and O–H groups in total. The van der Waals surface area contributed by atoms with Crippen molar-refractivity contribution in [2.45, 2.75) is 39.2 Å². The molecule has 0 radical (unpaired) electrons. The zero-order valence-corrected chi connectivity index (χ0v) is 8.82. The Kier molecular flexibility index (Phi) is 4.15. The second kappa shape index (κ2) is 5.38. The van der Waals surface area contributed by atoms with Crippen LogP contribution < -0.4 is 11.2 Å². The molecule has 5 nitrogen and oxygen atoms in total. The highest BCUT2D eigenvalue weighted by Gasteiger charge is 2.03. The molecule has 0 aliphatic carbocycles. The van der Waals surface area contributed by atoms with Crippen molar-refractivity contribution in [1.82, 2.24) is 9.55 Å². The smallest absolute Gasteiger partial charge is 0.331 e. The first kappa shape index (κ1) is 11.6. The lowest BCUT2D eigenvalue weighted by molar-refractivity contribution is 0.393. The van der Waals surface area contributed by atoms with Crippen LogP contribution in [0, 0.1) is 0 Å². The quantitative estimate of drug-likeness (QED) is 0.709. The van der Waals surface area contributed by atoms with E-state index in [-0.39, 0.29) is 5.88 Å². The monoisotopic (exact) mass is 212 g/mol. The van der Waals surface area contributed by atoms with Crippen LogP contribution in [-0.2, 0) is 6.54 Å². The molecule has 84 valence electrons. The topological polar surface area (TPSA) is 75.1 Å². The first-order valence-corrected chi connectivity index (χ1v) is 5.18. The van der Waals surface area contributed by atoms with Gasteiger partial charge in [0.25, 0.3) is 5.56 Å². The molecule has 0 spiro atoms. The summed E-state index contributed by atoms with van der Waals surface area (Å²) in [6.07, 6.45) is 4.07. The van der Waals surface area contributed by atoms with Crippen molar-refractivity contribution in [3.63, 3.8) is 0 Å². The Morgan fingerprint density at radius 2 is 2.07 bits per heavy atom. The van der Waals surface area contributed by atoms with E-state index >= 15 is 0 Å². The summed E-state index contributed by atoms with van der Waals surface area (Å²) in [6, 6.07) is 1.02. The van der Waals surface area contributed by atoms with Gasteiger partial charge in [0.15, 0.2) is 0 Å². The summed E-state index contributed by atoms with van der Waals surface area (Å²) in [5.41, 5.74) is -1.11. The van der Waals surface area contributed by atoms with Gasteiger partial charge in [-0.1, -0.05) is 26.2 Å². The first-order valence-electron chi connectivity index (χ1n) is 5.18. The molecule has 1 aromatic rings. The van der Waals surface area contributed by atoms with E-state index in [1.807, 2.05) is 0 Å². The summed E-state index contributed by atoms with van der Waals surface area (Å²) in [5.74, 6) is -0.264. The number of rotatable bonds is 5. The maximum atomic E-state index is 11.3. The minimum absolute atomic E-state index is 0.264. The molecule has 1 rings (SSSR count). The molecule has 0 amide bonds. The fourth-order valence-electron chi connectivity index (χ4n) is 1.42. The minimum Gasteiger partial charge on any atom is -0.494 e. The van der Waals surface area contributed by atoms with Gasteiger partial charge >= 0.3 is 5.69 Å². The summed E-state index contributed by atoms with van der Waals surface area (Å²) >= 11 is 0. The summed E-state index contributed by atoms with van der Waals surface area (Å²) < 4.78 is 1.18. The number of aromatic nitrogens is 2. The molecule has 5 heteroatoms. The van der Waals surface area contributed by atoms with Gasteiger partial charge < -0.3 is 5.11 Å². The number of unbranched alkanes of at least 4 members (excludes halogenated alkanes) is 3. The Morgan fingerprint density at radius 1 is 1.33 bits per heavy atom. The number of hydrogen-bond acceptors (Lipinski definition) is 3. The minimum atomic E-state index is -0.567. The number of aromatic hydroxyl groups is 1. The Hall–Kier alpha value is -1.52. The summed E-state index contributed by atoms with van der Waals surface area (Å²) in [6.45, 7) is 2.55. The zero-order chi connectivity index (χ0) is 11.3. The van der Waals surface area contributed by atoms with Crippen LogP contribution in [-0.4, -0.2) is 14.7 Å². The molecule has 0 aliphatic rings. The van der Waals surface area contributed by atoms with Gasteiger partial charge in [-0.15, -0.1) is 0 Å². The average molecular weight is 212 g/mol. The number of H-pyrrole nitrogens is 1. The molecular formula is C10H16N2O3. The van der Waals surface area contributed by atoms with Gasteiger partial charge in [0, 0.05) is 6.54 Å². The molecular weight excluding hydrogens is 196 g/mol. The third-order valence-corrected chi connectivity index (χ3v) is 2.25. The normalized spacial score (nSPS) is 10.5. The zero-order valence-electron chi connectivity index (χ0n) is 8.82. The van der Waals surface area contributed by atoms with Crippen molar-refractivity contribution in [3.8, 4) is 5.88 Å². The molecule has 0 aliphatic heterocycles. The highest BCUT2D eigenvalue weighted by atomic mass is 16.3. The van der Waals surface area contributed by atoms with E-state index in [4.69, 9.17) is 0 Å². The Morgan fingerprint density at radius 3 is 2.67 bits per heavy atom. The van der Waals surface area contributed by atoms with Crippen LogP contribution in [0.5, 0.6) is 5.88 Å². The van der Waals surface area contributed by atoms with Gasteiger partial charge in [0.05, 0.1) is 6.07 Å². The maximum Gasteiger partial charge on any atom is 0.331 e. The third-order valence-electron chi connectivity index (χ3n) is 2.25. The third kappa shape index (κ3) is 3.27. The van der Waals surface area contributed by atoms with Crippen LogP contribution in [0.15, 0.2) is 15.7 Å². The van der Waals surface area contributed by atoms with Crippen LogP contribution in [0.1, 0.15) is 32.6 Å². The predicted molar refractivity (Wildman–Crippen MR) is 57.1 cm³/mol. The molecule has 1 heterocycles. The van der Waals surface area contributed by atoms with E-state index in [1.54, 1.807) is 0 Å². The Bertz CT molecular complexity index is 419. The number of hydrogen-bond donors (Lipinski definition) is 2. The van der Waals surface area contributed by atoms with Gasteiger partial charge in [-0.25, -0.2) is 4.79 Å². The highest BCUT2D eigenvalue weighted by molar-refractivity contribution is 5.05. The van der Waals surface area contributed by atoms with Crippen molar-refractivity contribution in [3.05, 3.63) is 26.9 Å². The number of nitrogens with one attached hydrogen (secondary N) is 1. The summed E-state index contributed by atoms with van der Waals surface area (Å²) in [4.78, 5) is 24.2. The molecule has 1 aromatic heterocycles. The van der Waals surface area contributed by atoms with Gasteiger partial charge in [-0.2, -0.15) is 0 Å². The van der Waals surface area contributed by atoms with Crippen molar-refractivity contribution in [1.29, 1.82) is 0 Å². The summed E-state index contributed by atoms with van der Waals surface area (Å²) in [5, 5.41) is 9.37. The first-order chi connectivity index (χ1) is 7.15. The Balaban J connectivity index is 2.69. The predicted octanol–water partition coefficient (Wildman–Crippen LogP) is 0.823. The van der Waals surface area contributed by atoms with E-state index in [0.29, 0.717) is 6.54 Å². The summed E-state index contributed by atoms with van der Waals surface area (Å²) in [7, 11) is 0. The van der Waals surface area contributed by atoms with Crippen molar-refractivity contribution >= 4 is 0 Å². The van der Waals surface area contributed by atoms with E-state index in [1.165, 1.54) is 4.57 Å². The van der Waals surface area contributed by atoms with Crippen molar-refractivity contribution < 1.29 is 5.11 Å². The SMILES string of the molecule is CCCCCCn1c(O)cc(=O)[nH]c1=O. The van der Waals surface area contributed by atoms with E-state index in [2.05, 4.69) is 11.9 Å². The molecule has 0 saturated carbocycles. The van der Waals surface area contributed by atoms with Gasteiger partial charge in [-0.05, 0) is 6.42 Å². The number of aromatic amines is 1. The van der Waals surface area contributed by atoms with E-state index in [9.17, 15) is 14.7 Å². The largest absolute Gasteiger partial charge is 0.494 e. The fourth-order valence-corrected chi connectivity index (χ4v) is 1.42. The standard InChI is InChI=1S/C10H16N2O3/c1-2-3-4-5-6-12-9(14)7-8(13)11-10(12)15/h7,14H,2-6H2,1H3,(H,11,13,15). The van der Waals surface area contributed by atoms with Crippen molar-refractivity contribution in [2.24, 2.45) is 0 Å². The Labute approximate surface area is 87.4 Å². The lowest BCUT2D eigenvalue weighted by Gasteiger charge is -2.06. The van der Waals surface area contributed by atoms with E-state index in [0.717, 1.165) is 31.7 Å². The molecule has 15 heavy (non-hydrogen) atoms. The molecule has 0 atom stereocenters. The van der Waals surface area contributed by atoms with E-state index < -0.39 is 11.2 Å². The lowest BCUT2D eigenvalue weighted by atomic mass is 10.2. The fraction of sp³-hybridized carbons (Fsp3) is 0.600. The average Bonchev–Trinajstić information content (AvgIpc) is 2.15. The second-order valence-electron chi connectivity index (χ2n) is 3.51. The molecule has 0 saturated heterocycles. The van der Waals surface area contributed by atoms with Gasteiger partial charge in [0.2, 0.25) is 5.88 Å². The molecule has 0 bridgehead atoms. The lowest BCUT2D eigenvalue weighted by Crippen LogP contribution is -2.29. The molecule has 0 aromatic carbocycles. The molecule has 0 fully saturated rings. The van der Waals surface area contributed by atoms with Crippen LogP contribution >= 0.6 is 0 Å². The van der Waals surface area contributed by atoms with Crippen molar-refractivity contribution in [2.75, 3.05) is 0 Å². The highest BCUT2D eigenvalue weighted by Crippen LogP contribution is 2.05. The second-order valence-corrected chi connectivity index (χ2v) is 3.51. The maximum absolute atomic E-state index is 11.3. The van der Waals surface area contributed by atoms with Gasteiger partial charge in [0.1, 0.15) is 0 Å². The van der Waals surface area contributed by atoms with Crippen LogP contribution in [0.2, 0.25) is 0 Å². The van der Waals surface area contributed by atoms with Crippen LogP contribution in [0.25, 0.3) is 0 Å². The molecule has 0 unspecified atom stereocenters.